The molecule has 0 bridgehead atoms. The molecule has 0 fully saturated rings. The standard InChI is InChI=1S/C26H21F5N6O2Si/c1-40(2,3)12-9-16-20(8-11-33-23(16)32)39-21-7-6-15(13-19(21)28)36-25(38)17-14-35-37(22(17)26(29,30)31)24-18(27)5-4-10-34-24/h4-8,10-11,13-14H,1-3H3,(H2,32,33)(H,36,38). The Hall–Kier alpha value is -4.77. The van der Waals surface area contributed by atoms with E-state index >= 15 is 0 Å². The average Bonchev–Trinajstić information content (AvgIpc) is 3.31. The second kappa shape index (κ2) is 10.8. The van der Waals surface area contributed by atoms with Crippen molar-refractivity contribution >= 4 is 25.5 Å². The molecule has 206 valence electrons. The zero-order valence-electron chi connectivity index (χ0n) is 21.3. The Bertz CT molecular complexity index is 1650. The molecule has 0 aliphatic heterocycles. The predicted molar refractivity (Wildman–Crippen MR) is 140 cm³/mol. The number of carbonyl (C=O) groups excluding carboxylic acids is 1. The minimum atomic E-state index is -5.10. The van der Waals surface area contributed by atoms with Crippen LogP contribution in [0.15, 0.2) is 55.0 Å². The van der Waals surface area contributed by atoms with Crippen molar-refractivity contribution in [2.24, 2.45) is 0 Å². The van der Waals surface area contributed by atoms with Crippen LogP contribution < -0.4 is 15.8 Å². The Balaban J connectivity index is 1.61. The lowest BCUT2D eigenvalue weighted by molar-refractivity contribution is -0.143. The number of hydrogen-bond donors (Lipinski definition) is 2. The summed E-state index contributed by atoms with van der Waals surface area (Å²) >= 11 is 0. The topological polar surface area (TPSA) is 108 Å². The van der Waals surface area contributed by atoms with E-state index in [4.69, 9.17) is 10.5 Å². The van der Waals surface area contributed by atoms with Gasteiger partial charge in [0, 0.05) is 30.2 Å². The monoisotopic (exact) mass is 572 g/mol. The SMILES string of the molecule is C[Si](C)(C)C#Cc1c(Oc2ccc(NC(=O)c3cnn(-c4ncccc4F)c3C(F)(F)F)cc2F)ccnc1N. The number of nitrogen functional groups attached to an aromatic ring is 1. The lowest BCUT2D eigenvalue weighted by Crippen LogP contribution is -2.21. The van der Waals surface area contributed by atoms with Crippen molar-refractivity contribution in [2.45, 2.75) is 25.8 Å². The number of hydrogen-bond acceptors (Lipinski definition) is 6. The predicted octanol–water partition coefficient (Wildman–Crippen LogP) is 5.82. The number of halogens is 5. The Morgan fingerprint density at radius 2 is 1.80 bits per heavy atom. The quantitative estimate of drug-likeness (QED) is 0.177. The van der Waals surface area contributed by atoms with Gasteiger partial charge in [-0.2, -0.15) is 18.3 Å². The molecule has 0 unspecified atom stereocenters. The molecule has 3 aromatic heterocycles. The van der Waals surface area contributed by atoms with Crippen LogP contribution in [-0.2, 0) is 6.18 Å². The summed E-state index contributed by atoms with van der Waals surface area (Å²) in [4.78, 5) is 20.3. The summed E-state index contributed by atoms with van der Waals surface area (Å²) in [5.74, 6) is -1.07. The lowest BCUT2D eigenvalue weighted by atomic mass is 10.2. The third kappa shape index (κ3) is 6.26. The fourth-order valence-electron chi connectivity index (χ4n) is 3.38. The van der Waals surface area contributed by atoms with Crippen LogP contribution in [0, 0.1) is 23.1 Å². The minimum absolute atomic E-state index is 0.0964. The van der Waals surface area contributed by atoms with Crippen LogP contribution in [0.5, 0.6) is 11.5 Å². The third-order valence-corrected chi connectivity index (χ3v) is 6.01. The first-order valence-corrected chi connectivity index (χ1v) is 15.1. The highest BCUT2D eigenvalue weighted by atomic mass is 28.3. The average molecular weight is 573 g/mol. The van der Waals surface area contributed by atoms with Gasteiger partial charge in [-0.25, -0.2) is 23.4 Å². The van der Waals surface area contributed by atoms with E-state index in [-0.39, 0.29) is 33.2 Å². The highest BCUT2D eigenvalue weighted by Crippen LogP contribution is 2.35. The number of benzene rings is 1. The number of pyridine rings is 2. The van der Waals surface area contributed by atoms with E-state index in [0.717, 1.165) is 18.3 Å². The Labute approximate surface area is 226 Å². The molecule has 0 radical (unpaired) electrons. The van der Waals surface area contributed by atoms with Gasteiger partial charge >= 0.3 is 6.18 Å². The van der Waals surface area contributed by atoms with Gasteiger partial charge in [0.25, 0.3) is 5.91 Å². The normalized spacial score (nSPS) is 11.5. The molecule has 1 amide bonds. The van der Waals surface area contributed by atoms with Gasteiger partial charge in [0.1, 0.15) is 25.2 Å². The van der Waals surface area contributed by atoms with Gasteiger partial charge in [0.2, 0.25) is 0 Å². The van der Waals surface area contributed by atoms with Crippen LogP contribution in [0.25, 0.3) is 5.82 Å². The van der Waals surface area contributed by atoms with Crippen molar-refractivity contribution in [2.75, 3.05) is 11.1 Å². The number of carbonyl (C=O) groups is 1. The summed E-state index contributed by atoms with van der Waals surface area (Å²) in [6.45, 7) is 6.08. The zero-order chi connectivity index (χ0) is 29.2. The van der Waals surface area contributed by atoms with Gasteiger partial charge < -0.3 is 15.8 Å². The maximum atomic E-state index is 14.9. The number of alkyl halides is 3. The minimum Gasteiger partial charge on any atom is -0.453 e. The Morgan fingerprint density at radius 1 is 1.05 bits per heavy atom. The molecule has 3 N–H and O–H groups in total. The number of nitrogens with zero attached hydrogens (tertiary/aromatic N) is 4. The molecule has 0 saturated heterocycles. The number of rotatable bonds is 5. The highest BCUT2D eigenvalue weighted by Gasteiger charge is 2.41. The number of ether oxygens (including phenoxy) is 1. The number of anilines is 2. The van der Waals surface area contributed by atoms with Crippen LogP contribution in [0.3, 0.4) is 0 Å². The molecule has 0 atom stereocenters. The van der Waals surface area contributed by atoms with Crippen molar-refractivity contribution in [3.63, 3.8) is 0 Å². The van der Waals surface area contributed by atoms with Gasteiger partial charge in [0.05, 0.1) is 11.8 Å². The summed E-state index contributed by atoms with van der Waals surface area (Å²) in [6.07, 6.45) is -2.03. The molecule has 0 saturated carbocycles. The third-order valence-electron chi connectivity index (χ3n) is 5.14. The van der Waals surface area contributed by atoms with E-state index in [2.05, 4.69) is 31.8 Å². The van der Waals surface area contributed by atoms with Gasteiger partial charge in [-0.15, -0.1) is 5.54 Å². The molecule has 14 heteroatoms. The van der Waals surface area contributed by atoms with Gasteiger partial charge in [-0.05, 0) is 24.3 Å². The van der Waals surface area contributed by atoms with Gasteiger partial charge in [-0.1, -0.05) is 25.6 Å². The molecular formula is C26H21F5N6O2Si. The Morgan fingerprint density at radius 3 is 2.45 bits per heavy atom. The first kappa shape index (κ1) is 28.2. The van der Waals surface area contributed by atoms with Crippen LogP contribution in [0.4, 0.5) is 33.5 Å². The maximum absolute atomic E-state index is 14.9. The smallest absolute Gasteiger partial charge is 0.434 e. The highest BCUT2D eigenvalue weighted by molar-refractivity contribution is 6.83. The molecule has 0 spiro atoms. The van der Waals surface area contributed by atoms with Crippen molar-refractivity contribution in [3.8, 4) is 28.8 Å². The molecular weight excluding hydrogens is 551 g/mol. The summed E-state index contributed by atoms with van der Waals surface area (Å²) < 4.78 is 76.5. The molecule has 0 aliphatic rings. The molecule has 40 heavy (non-hydrogen) atoms. The molecule has 4 rings (SSSR count). The van der Waals surface area contributed by atoms with E-state index in [9.17, 15) is 26.7 Å². The number of aromatic nitrogens is 4. The van der Waals surface area contributed by atoms with E-state index in [1.54, 1.807) is 0 Å². The first-order valence-electron chi connectivity index (χ1n) is 11.6. The fraction of sp³-hybridized carbons (Fsp3) is 0.154. The van der Waals surface area contributed by atoms with E-state index in [1.807, 2.05) is 19.6 Å². The molecule has 1 aromatic carbocycles. The van der Waals surface area contributed by atoms with E-state index < -0.39 is 48.9 Å². The van der Waals surface area contributed by atoms with Crippen molar-refractivity contribution in [1.29, 1.82) is 0 Å². The Kier molecular flexibility index (Phi) is 7.61. The maximum Gasteiger partial charge on any atom is 0.434 e. The number of amides is 1. The number of nitrogens with two attached hydrogens (primary N) is 1. The van der Waals surface area contributed by atoms with Gasteiger partial charge in [0.15, 0.2) is 28.9 Å². The summed E-state index contributed by atoms with van der Waals surface area (Å²) in [5, 5.41) is 5.71. The molecule has 4 aromatic rings. The van der Waals surface area contributed by atoms with E-state index in [0.29, 0.717) is 6.20 Å². The lowest BCUT2D eigenvalue weighted by Gasteiger charge is -2.13. The second-order valence-corrected chi connectivity index (χ2v) is 14.1. The van der Waals surface area contributed by atoms with E-state index in [1.165, 1.54) is 30.5 Å². The van der Waals surface area contributed by atoms with Crippen LogP contribution >= 0.6 is 0 Å². The van der Waals surface area contributed by atoms with Crippen molar-refractivity contribution in [1.82, 2.24) is 19.7 Å². The summed E-state index contributed by atoms with van der Waals surface area (Å²) in [6, 6.07) is 6.82. The van der Waals surface area contributed by atoms with Gasteiger partial charge in [-0.3, -0.25) is 4.79 Å². The second-order valence-electron chi connectivity index (χ2n) is 9.40. The number of nitrogens with one attached hydrogen (secondary N) is 1. The van der Waals surface area contributed by atoms with Crippen LogP contribution in [0.2, 0.25) is 19.6 Å². The molecule has 8 nitrogen and oxygen atoms in total. The molecule has 3 heterocycles. The summed E-state index contributed by atoms with van der Waals surface area (Å²) in [7, 11) is -1.79. The van der Waals surface area contributed by atoms with Crippen molar-refractivity contribution < 1.29 is 31.5 Å². The molecule has 0 aliphatic carbocycles. The largest absolute Gasteiger partial charge is 0.453 e. The first-order chi connectivity index (χ1) is 18.7. The fourth-order valence-corrected chi connectivity index (χ4v) is 3.88. The van der Waals surface area contributed by atoms with Crippen LogP contribution in [0.1, 0.15) is 21.6 Å². The van der Waals surface area contributed by atoms with Crippen molar-refractivity contribution in [3.05, 3.63) is 83.4 Å². The van der Waals surface area contributed by atoms with Crippen LogP contribution in [-0.4, -0.2) is 33.7 Å². The zero-order valence-corrected chi connectivity index (χ0v) is 22.3. The summed E-state index contributed by atoms with van der Waals surface area (Å²) in [5.41, 5.74) is 6.70.